The Kier molecular flexibility index (Phi) is 8.58. The molecule has 1 atom stereocenters. The summed E-state index contributed by atoms with van der Waals surface area (Å²) in [7, 11) is 0. The lowest BCUT2D eigenvalue weighted by atomic mass is 10.0. The van der Waals surface area contributed by atoms with Crippen molar-refractivity contribution in [1.29, 1.82) is 0 Å². The van der Waals surface area contributed by atoms with Crippen LogP contribution in [-0.2, 0) is 11.3 Å². The maximum atomic E-state index is 5.95. The van der Waals surface area contributed by atoms with Crippen LogP contribution < -0.4 is 10.2 Å². The normalized spacial score (nSPS) is 17.5. The van der Waals surface area contributed by atoms with E-state index in [9.17, 15) is 0 Å². The average molecular weight is 516 g/mol. The van der Waals surface area contributed by atoms with Gasteiger partial charge in [0, 0.05) is 18.3 Å². The van der Waals surface area contributed by atoms with Crippen molar-refractivity contribution in [3.63, 3.8) is 0 Å². The zero-order valence-electron chi connectivity index (χ0n) is 22.2. The molecule has 3 aromatic rings. The topological polar surface area (TPSA) is 46.6 Å². The van der Waals surface area contributed by atoms with Crippen LogP contribution in [0.25, 0.3) is 21.0 Å². The molecule has 1 saturated heterocycles. The van der Waals surface area contributed by atoms with Crippen LogP contribution in [0.1, 0.15) is 69.2 Å². The molecule has 2 aromatic carbocycles. The minimum absolute atomic E-state index is 0.105. The van der Waals surface area contributed by atoms with Crippen LogP contribution in [0.3, 0.4) is 0 Å². The molecule has 194 valence electrons. The van der Waals surface area contributed by atoms with E-state index < -0.39 is 0 Å². The smallest absolute Gasteiger partial charge is 0.135 e. The van der Waals surface area contributed by atoms with Gasteiger partial charge in [-0.15, -0.1) is 17.3 Å². The molecule has 1 aromatic heterocycles. The Morgan fingerprint density at radius 2 is 2.03 bits per heavy atom. The molecule has 0 amide bonds. The van der Waals surface area contributed by atoms with Crippen LogP contribution in [0.15, 0.2) is 42.6 Å². The van der Waals surface area contributed by atoms with E-state index in [1.807, 2.05) is 33.0 Å². The Morgan fingerprint density at radius 3 is 2.84 bits per heavy atom. The lowest BCUT2D eigenvalue weighted by molar-refractivity contribution is 0.00178. The van der Waals surface area contributed by atoms with E-state index in [0.717, 1.165) is 47.9 Å². The molecule has 5 nitrogen and oxygen atoms in total. The molecule has 2 heterocycles. The number of hydrogen-bond acceptors (Lipinski definition) is 6. The Morgan fingerprint density at radius 1 is 1.16 bits per heavy atom. The van der Waals surface area contributed by atoms with Gasteiger partial charge in [0.2, 0.25) is 0 Å². The van der Waals surface area contributed by atoms with Crippen molar-refractivity contribution in [2.24, 2.45) is 0 Å². The van der Waals surface area contributed by atoms with Crippen molar-refractivity contribution in [2.75, 3.05) is 26.2 Å². The zero-order valence-corrected chi connectivity index (χ0v) is 23.0. The van der Waals surface area contributed by atoms with E-state index in [2.05, 4.69) is 52.6 Å². The summed E-state index contributed by atoms with van der Waals surface area (Å²) in [6, 6.07) is 13.1. The van der Waals surface area contributed by atoms with Crippen LogP contribution in [-0.4, -0.2) is 42.2 Å². The second-order valence-corrected chi connectivity index (χ2v) is 11.1. The highest BCUT2D eigenvalue weighted by atomic mass is 32.1. The first-order chi connectivity index (χ1) is 18.1. The average Bonchev–Trinajstić information content (AvgIpc) is 3.56. The highest BCUT2D eigenvalue weighted by Crippen LogP contribution is 2.41. The van der Waals surface area contributed by atoms with Crippen molar-refractivity contribution >= 4 is 11.3 Å². The predicted octanol–water partition coefficient (Wildman–Crippen LogP) is 6.63. The maximum absolute atomic E-state index is 5.95. The number of fused-ring (bicyclic) bond motifs is 1. The molecule has 6 heteroatoms. The molecule has 0 bridgehead atoms. The fourth-order valence-electron chi connectivity index (χ4n) is 5.31. The number of thiazole rings is 1. The summed E-state index contributed by atoms with van der Waals surface area (Å²) >= 11 is 1.73. The number of rotatable bonds is 9. The third-order valence-electron chi connectivity index (χ3n) is 7.07. The fourth-order valence-corrected chi connectivity index (χ4v) is 6.27. The SMILES string of the molecule is CC#Cc1cc(-c2ncc(-c3cccc4c3CCC4NOCCN3CCCCC3)s2)ccc1OC(C)C. The molecular formula is C31H37N3O2S. The number of hydroxylamine groups is 1. The fraction of sp³-hybridized carbons (Fsp3) is 0.452. The summed E-state index contributed by atoms with van der Waals surface area (Å²) < 4.78 is 5.95. The van der Waals surface area contributed by atoms with Crippen LogP contribution in [0.5, 0.6) is 5.75 Å². The van der Waals surface area contributed by atoms with Gasteiger partial charge in [0.1, 0.15) is 10.8 Å². The summed E-state index contributed by atoms with van der Waals surface area (Å²) in [6.07, 6.45) is 8.21. The van der Waals surface area contributed by atoms with Gasteiger partial charge in [-0.1, -0.05) is 30.5 Å². The molecule has 1 unspecified atom stereocenters. The maximum Gasteiger partial charge on any atom is 0.135 e. The van der Waals surface area contributed by atoms with Gasteiger partial charge in [-0.3, -0.25) is 4.84 Å². The molecule has 1 fully saturated rings. The van der Waals surface area contributed by atoms with E-state index in [0.29, 0.717) is 0 Å². The zero-order chi connectivity index (χ0) is 25.6. The monoisotopic (exact) mass is 515 g/mol. The van der Waals surface area contributed by atoms with Crippen LogP contribution in [0.2, 0.25) is 0 Å². The summed E-state index contributed by atoms with van der Waals surface area (Å²) in [6.45, 7) is 10.1. The molecule has 1 aliphatic carbocycles. The second kappa shape index (κ2) is 12.2. The molecule has 1 aliphatic heterocycles. The first-order valence-electron chi connectivity index (χ1n) is 13.5. The van der Waals surface area contributed by atoms with E-state index in [1.54, 1.807) is 11.3 Å². The predicted molar refractivity (Wildman–Crippen MR) is 152 cm³/mol. The van der Waals surface area contributed by atoms with Gasteiger partial charge in [0.05, 0.1) is 29.2 Å². The highest BCUT2D eigenvalue weighted by molar-refractivity contribution is 7.18. The van der Waals surface area contributed by atoms with Gasteiger partial charge < -0.3 is 9.64 Å². The summed E-state index contributed by atoms with van der Waals surface area (Å²) in [4.78, 5) is 14.4. The van der Waals surface area contributed by atoms with E-state index in [4.69, 9.17) is 14.6 Å². The van der Waals surface area contributed by atoms with Crippen LogP contribution in [0.4, 0.5) is 0 Å². The second-order valence-electron chi connectivity index (χ2n) is 10.1. The van der Waals surface area contributed by atoms with Crippen LogP contribution >= 0.6 is 11.3 Å². The molecule has 5 rings (SSSR count). The van der Waals surface area contributed by atoms with Gasteiger partial charge in [-0.2, -0.15) is 5.48 Å². The number of nitrogens with zero attached hydrogens (tertiary/aromatic N) is 2. The molecule has 0 radical (unpaired) electrons. The molecule has 0 spiro atoms. The molecule has 0 saturated carbocycles. The summed E-state index contributed by atoms with van der Waals surface area (Å²) in [5.41, 5.74) is 9.38. The Balaban J connectivity index is 1.28. The Labute approximate surface area is 225 Å². The van der Waals surface area contributed by atoms with Gasteiger partial charge in [0.25, 0.3) is 0 Å². The summed E-state index contributed by atoms with van der Waals surface area (Å²) in [5, 5.41) is 0.997. The third-order valence-corrected chi connectivity index (χ3v) is 8.15. The largest absolute Gasteiger partial charge is 0.490 e. The van der Waals surface area contributed by atoms with Gasteiger partial charge in [0.15, 0.2) is 0 Å². The number of ether oxygens (including phenoxy) is 1. The number of aromatic nitrogens is 1. The van der Waals surface area contributed by atoms with Crippen molar-refractivity contribution < 1.29 is 9.57 Å². The lowest BCUT2D eigenvalue weighted by Crippen LogP contribution is -2.34. The van der Waals surface area contributed by atoms with Crippen LogP contribution in [0, 0.1) is 11.8 Å². The number of nitrogens with one attached hydrogen (secondary N) is 1. The first-order valence-corrected chi connectivity index (χ1v) is 14.4. The Hall–Kier alpha value is -2.69. The minimum atomic E-state index is 0.105. The standard InChI is InChI=1S/C31H37N3O2S/c1-4-9-23-20-24(12-15-29(23)36-22(2)3)31-32-21-30(37-31)27-11-8-10-26-25(27)13-14-28(26)33-35-19-18-34-16-6-5-7-17-34/h8,10-12,15,20-22,28,33H,5-7,13-14,16-19H2,1-3H3. The summed E-state index contributed by atoms with van der Waals surface area (Å²) in [5.74, 6) is 7.02. The molecule has 37 heavy (non-hydrogen) atoms. The lowest BCUT2D eigenvalue weighted by Gasteiger charge is -2.26. The van der Waals surface area contributed by atoms with Gasteiger partial charge in [-0.05, 0) is 94.4 Å². The number of piperidine rings is 1. The van der Waals surface area contributed by atoms with E-state index >= 15 is 0 Å². The Bertz CT molecular complexity index is 1270. The number of likely N-dealkylation sites (tertiary alicyclic amines) is 1. The van der Waals surface area contributed by atoms with Crippen molar-refractivity contribution in [3.8, 4) is 38.6 Å². The third kappa shape index (κ3) is 6.25. The molecule has 1 N–H and O–H groups in total. The van der Waals surface area contributed by atoms with Crippen molar-refractivity contribution in [3.05, 3.63) is 59.3 Å². The van der Waals surface area contributed by atoms with Crippen molar-refractivity contribution in [1.82, 2.24) is 15.4 Å². The van der Waals surface area contributed by atoms with Gasteiger partial charge >= 0.3 is 0 Å². The first kappa shape index (κ1) is 25.9. The number of benzene rings is 2. The van der Waals surface area contributed by atoms with E-state index in [-0.39, 0.29) is 12.1 Å². The van der Waals surface area contributed by atoms with Gasteiger partial charge in [-0.25, -0.2) is 4.98 Å². The van der Waals surface area contributed by atoms with Crippen molar-refractivity contribution in [2.45, 2.75) is 65.0 Å². The minimum Gasteiger partial charge on any atom is -0.490 e. The highest BCUT2D eigenvalue weighted by Gasteiger charge is 2.26. The van der Waals surface area contributed by atoms with E-state index in [1.165, 1.54) is 53.9 Å². The molecular weight excluding hydrogens is 478 g/mol. The number of hydrogen-bond donors (Lipinski definition) is 1. The molecule has 2 aliphatic rings. The quantitative estimate of drug-likeness (QED) is 0.197.